The van der Waals surface area contributed by atoms with Crippen LogP contribution < -0.4 is 10.1 Å². The number of likely N-dealkylation sites (tertiary alicyclic amines) is 1. The van der Waals surface area contributed by atoms with Crippen molar-refractivity contribution in [3.63, 3.8) is 0 Å². The molecule has 4 rings (SSSR count). The lowest BCUT2D eigenvalue weighted by atomic mass is 9.96. The molecule has 1 N–H and O–H groups in total. The summed E-state index contributed by atoms with van der Waals surface area (Å²) in [7, 11) is 0. The Morgan fingerprint density at radius 2 is 1.90 bits per heavy atom. The summed E-state index contributed by atoms with van der Waals surface area (Å²) in [5.41, 5.74) is 1.21. The van der Waals surface area contributed by atoms with Gasteiger partial charge in [0.25, 0.3) is 11.8 Å². The van der Waals surface area contributed by atoms with E-state index in [1.54, 1.807) is 24.5 Å². The van der Waals surface area contributed by atoms with E-state index in [4.69, 9.17) is 4.74 Å². The summed E-state index contributed by atoms with van der Waals surface area (Å²) in [6.45, 7) is 4.38. The van der Waals surface area contributed by atoms with Gasteiger partial charge >= 0.3 is 0 Å². The molecule has 2 amide bonds. The van der Waals surface area contributed by atoms with Crippen molar-refractivity contribution in [3.8, 4) is 5.75 Å². The molecular weight excluding hydrogens is 390 g/mol. The van der Waals surface area contributed by atoms with Crippen molar-refractivity contribution < 1.29 is 14.3 Å². The highest BCUT2D eigenvalue weighted by atomic mass is 16.5. The molecule has 1 aliphatic heterocycles. The molecule has 31 heavy (non-hydrogen) atoms. The predicted molar refractivity (Wildman–Crippen MR) is 120 cm³/mol. The Labute approximate surface area is 182 Å². The second-order valence-electron chi connectivity index (χ2n) is 7.78. The molecule has 3 aromatic rings. The zero-order valence-corrected chi connectivity index (χ0v) is 17.7. The molecular formula is C25H27N3O3. The summed E-state index contributed by atoms with van der Waals surface area (Å²) in [5, 5.41) is 5.01. The van der Waals surface area contributed by atoms with Gasteiger partial charge in [0.1, 0.15) is 5.75 Å². The minimum absolute atomic E-state index is 0.0210. The number of hydrogen-bond donors (Lipinski definition) is 1. The number of carbonyl (C=O) groups excluding carboxylic acids is 2. The lowest BCUT2D eigenvalue weighted by Gasteiger charge is -2.32. The quantitative estimate of drug-likeness (QED) is 0.660. The smallest absolute Gasteiger partial charge is 0.255 e. The number of pyridine rings is 1. The third kappa shape index (κ3) is 4.68. The van der Waals surface area contributed by atoms with Crippen LogP contribution >= 0.6 is 0 Å². The van der Waals surface area contributed by atoms with Gasteiger partial charge in [-0.25, -0.2) is 0 Å². The molecule has 0 unspecified atom stereocenters. The van der Waals surface area contributed by atoms with Crippen molar-refractivity contribution in [2.24, 2.45) is 5.92 Å². The molecule has 1 aliphatic rings. The van der Waals surface area contributed by atoms with Gasteiger partial charge in [-0.2, -0.15) is 0 Å². The Bertz CT molecular complexity index is 1060. The summed E-state index contributed by atoms with van der Waals surface area (Å²) in [5.74, 6) is 0.852. The monoisotopic (exact) mass is 417 g/mol. The van der Waals surface area contributed by atoms with Crippen LogP contribution in [0.25, 0.3) is 10.8 Å². The minimum atomic E-state index is -0.117. The molecule has 0 radical (unpaired) electrons. The van der Waals surface area contributed by atoms with E-state index in [0.717, 1.165) is 23.6 Å². The van der Waals surface area contributed by atoms with E-state index in [2.05, 4.69) is 10.3 Å². The first kappa shape index (κ1) is 20.8. The number of rotatable bonds is 6. The van der Waals surface area contributed by atoms with Crippen LogP contribution in [0.4, 0.5) is 0 Å². The second kappa shape index (κ2) is 9.60. The fourth-order valence-corrected chi connectivity index (χ4v) is 4.10. The first-order chi connectivity index (χ1) is 15.2. The van der Waals surface area contributed by atoms with Crippen LogP contribution in [0.15, 0.2) is 60.9 Å². The van der Waals surface area contributed by atoms with Crippen LogP contribution in [0.3, 0.4) is 0 Å². The molecule has 0 aliphatic carbocycles. The van der Waals surface area contributed by atoms with E-state index >= 15 is 0 Å². The highest BCUT2D eigenvalue weighted by Gasteiger charge is 2.25. The molecule has 0 bridgehead atoms. The molecule has 2 heterocycles. The van der Waals surface area contributed by atoms with Gasteiger partial charge in [0.15, 0.2) is 0 Å². The first-order valence-electron chi connectivity index (χ1n) is 10.8. The molecule has 0 spiro atoms. The zero-order chi connectivity index (χ0) is 21.6. The van der Waals surface area contributed by atoms with Gasteiger partial charge in [-0.1, -0.05) is 30.3 Å². The summed E-state index contributed by atoms with van der Waals surface area (Å²) < 4.78 is 5.73. The topological polar surface area (TPSA) is 71.5 Å². The molecule has 6 nitrogen and oxygen atoms in total. The van der Waals surface area contributed by atoms with Gasteiger partial charge in [-0.3, -0.25) is 14.6 Å². The van der Waals surface area contributed by atoms with Gasteiger partial charge in [-0.15, -0.1) is 0 Å². The number of aromatic nitrogens is 1. The highest BCUT2D eigenvalue weighted by Crippen LogP contribution is 2.28. The average molecular weight is 418 g/mol. The van der Waals surface area contributed by atoms with E-state index in [-0.39, 0.29) is 11.8 Å². The number of nitrogens with one attached hydrogen (secondary N) is 1. The number of piperidine rings is 1. The van der Waals surface area contributed by atoms with Crippen LogP contribution in [0.1, 0.15) is 40.5 Å². The van der Waals surface area contributed by atoms with Gasteiger partial charge < -0.3 is 15.0 Å². The van der Waals surface area contributed by atoms with Crippen molar-refractivity contribution in [3.05, 3.63) is 72.1 Å². The Balaban J connectivity index is 1.38. The Morgan fingerprint density at radius 1 is 1.10 bits per heavy atom. The number of hydrogen-bond acceptors (Lipinski definition) is 4. The van der Waals surface area contributed by atoms with Crippen molar-refractivity contribution >= 4 is 22.6 Å². The number of carbonyl (C=O) groups is 2. The Morgan fingerprint density at radius 3 is 2.65 bits per heavy atom. The number of benzene rings is 2. The van der Waals surface area contributed by atoms with E-state index in [1.165, 1.54) is 0 Å². The lowest BCUT2D eigenvalue weighted by molar-refractivity contribution is 0.0683. The molecule has 2 aromatic carbocycles. The van der Waals surface area contributed by atoms with Crippen molar-refractivity contribution in [2.45, 2.75) is 19.8 Å². The zero-order valence-electron chi connectivity index (χ0n) is 17.7. The number of fused-ring (bicyclic) bond motifs is 1. The standard InChI is InChI=1S/C25H27N3O3/c1-2-31-22-10-9-19-6-3-4-8-21(19)23(22)24(29)27-16-18-11-14-28(15-12-18)25(30)20-7-5-13-26-17-20/h3-10,13,17-18H,2,11-12,14-16H2,1H3,(H,27,29). The number of amides is 2. The van der Waals surface area contributed by atoms with Crippen LogP contribution in [0.5, 0.6) is 5.75 Å². The van der Waals surface area contributed by atoms with Crippen molar-refractivity contribution in [2.75, 3.05) is 26.2 Å². The minimum Gasteiger partial charge on any atom is -0.493 e. The number of ether oxygens (including phenoxy) is 1. The Hall–Kier alpha value is -3.41. The summed E-state index contributed by atoms with van der Waals surface area (Å²) in [4.78, 5) is 31.6. The maximum atomic E-state index is 13.1. The largest absolute Gasteiger partial charge is 0.493 e. The highest BCUT2D eigenvalue weighted by molar-refractivity contribution is 6.09. The van der Waals surface area contributed by atoms with Crippen molar-refractivity contribution in [1.29, 1.82) is 0 Å². The number of nitrogens with zero attached hydrogens (tertiary/aromatic N) is 2. The average Bonchev–Trinajstić information content (AvgIpc) is 2.83. The SMILES string of the molecule is CCOc1ccc2ccccc2c1C(=O)NCC1CCN(C(=O)c2cccnc2)CC1. The second-order valence-corrected chi connectivity index (χ2v) is 7.78. The van der Waals surface area contributed by atoms with Gasteiger partial charge in [-0.05, 0) is 54.7 Å². The lowest BCUT2D eigenvalue weighted by Crippen LogP contribution is -2.41. The van der Waals surface area contributed by atoms with Crippen LogP contribution in [0, 0.1) is 5.92 Å². The maximum Gasteiger partial charge on any atom is 0.255 e. The fourth-order valence-electron chi connectivity index (χ4n) is 4.10. The van der Waals surface area contributed by atoms with Crippen molar-refractivity contribution in [1.82, 2.24) is 15.2 Å². The third-order valence-corrected chi connectivity index (χ3v) is 5.78. The van der Waals surface area contributed by atoms with Gasteiger partial charge in [0.2, 0.25) is 0 Å². The third-order valence-electron chi connectivity index (χ3n) is 5.78. The van der Waals surface area contributed by atoms with E-state index in [9.17, 15) is 9.59 Å². The van der Waals surface area contributed by atoms with Gasteiger partial charge in [0, 0.05) is 32.0 Å². The van der Waals surface area contributed by atoms with Crippen LogP contribution in [-0.4, -0.2) is 47.9 Å². The Kier molecular flexibility index (Phi) is 6.46. The molecule has 0 saturated carbocycles. The molecule has 1 aromatic heterocycles. The van der Waals surface area contributed by atoms with E-state index in [0.29, 0.717) is 49.0 Å². The van der Waals surface area contributed by atoms with E-state index in [1.807, 2.05) is 48.2 Å². The molecule has 0 atom stereocenters. The molecule has 1 saturated heterocycles. The maximum absolute atomic E-state index is 13.1. The summed E-state index contributed by atoms with van der Waals surface area (Å²) in [6, 6.07) is 15.3. The first-order valence-corrected chi connectivity index (χ1v) is 10.8. The van der Waals surface area contributed by atoms with Crippen LogP contribution in [-0.2, 0) is 0 Å². The predicted octanol–water partition coefficient (Wildman–Crippen LogP) is 3.92. The molecule has 6 heteroatoms. The van der Waals surface area contributed by atoms with Gasteiger partial charge in [0.05, 0.1) is 17.7 Å². The molecule has 1 fully saturated rings. The summed E-state index contributed by atoms with van der Waals surface area (Å²) >= 11 is 0. The normalized spacial score (nSPS) is 14.4. The molecule has 160 valence electrons. The van der Waals surface area contributed by atoms with Crippen LogP contribution in [0.2, 0.25) is 0 Å². The summed E-state index contributed by atoms with van der Waals surface area (Å²) in [6.07, 6.45) is 4.99. The fraction of sp³-hybridized carbons (Fsp3) is 0.320. The van der Waals surface area contributed by atoms with E-state index < -0.39 is 0 Å².